The summed E-state index contributed by atoms with van der Waals surface area (Å²) >= 11 is 0. The van der Waals surface area contributed by atoms with Crippen molar-refractivity contribution in [2.45, 2.75) is 19.8 Å². The van der Waals surface area contributed by atoms with Crippen LogP contribution in [0.5, 0.6) is 5.75 Å². The van der Waals surface area contributed by atoms with E-state index < -0.39 is 10.0 Å². The number of benzene rings is 1. The second-order valence-electron chi connectivity index (χ2n) is 6.38. The molecule has 2 rings (SSSR count). The first-order valence-electron chi connectivity index (χ1n) is 8.17. The molecule has 7 heteroatoms. The number of carbonyl (C=O) groups excluding carboxylic acids is 1. The number of hydrogen-bond acceptors (Lipinski definition) is 4. The molecule has 1 aliphatic heterocycles. The number of ether oxygens (including phenoxy) is 1. The zero-order chi connectivity index (χ0) is 17.7. The maximum absolute atomic E-state index is 12.5. The fourth-order valence-electron chi connectivity index (χ4n) is 2.87. The van der Waals surface area contributed by atoms with E-state index in [1.807, 2.05) is 31.2 Å². The van der Waals surface area contributed by atoms with E-state index in [2.05, 4.69) is 0 Å². The van der Waals surface area contributed by atoms with Gasteiger partial charge in [-0.1, -0.05) is 12.1 Å². The minimum atomic E-state index is -3.24. The molecule has 1 atom stereocenters. The first-order chi connectivity index (χ1) is 11.3. The molecule has 1 aromatic carbocycles. The number of piperidine rings is 1. The van der Waals surface area contributed by atoms with Crippen molar-refractivity contribution >= 4 is 15.9 Å². The van der Waals surface area contributed by atoms with Gasteiger partial charge in [-0.05, 0) is 37.5 Å². The van der Waals surface area contributed by atoms with Crippen LogP contribution in [0.25, 0.3) is 0 Å². The highest BCUT2D eigenvalue weighted by molar-refractivity contribution is 7.88. The Morgan fingerprint density at radius 1 is 1.42 bits per heavy atom. The highest BCUT2D eigenvalue weighted by atomic mass is 32.2. The van der Waals surface area contributed by atoms with Gasteiger partial charge in [-0.2, -0.15) is 0 Å². The first-order valence-corrected chi connectivity index (χ1v) is 10.0. The molecule has 1 heterocycles. The van der Waals surface area contributed by atoms with Gasteiger partial charge in [-0.15, -0.1) is 0 Å². The fourth-order valence-corrected chi connectivity index (χ4v) is 3.78. The Hall–Kier alpha value is -1.60. The normalized spacial score (nSPS) is 19.0. The Morgan fingerprint density at radius 2 is 2.17 bits per heavy atom. The Balaban J connectivity index is 1.83. The summed E-state index contributed by atoms with van der Waals surface area (Å²) in [7, 11) is -1.50. The van der Waals surface area contributed by atoms with E-state index in [1.165, 1.54) is 10.6 Å². The Labute approximate surface area is 144 Å². The van der Waals surface area contributed by atoms with E-state index in [4.69, 9.17) is 4.74 Å². The number of rotatable bonds is 6. The molecule has 1 fully saturated rings. The molecule has 0 aliphatic carbocycles. The van der Waals surface area contributed by atoms with E-state index in [1.54, 1.807) is 11.9 Å². The van der Waals surface area contributed by atoms with Gasteiger partial charge in [0.05, 0.1) is 18.7 Å². The number of carbonyl (C=O) groups is 1. The number of nitrogens with zero attached hydrogens (tertiary/aromatic N) is 2. The highest BCUT2D eigenvalue weighted by Crippen LogP contribution is 2.20. The van der Waals surface area contributed by atoms with Crippen LogP contribution in [0.4, 0.5) is 0 Å². The Morgan fingerprint density at radius 3 is 2.83 bits per heavy atom. The van der Waals surface area contributed by atoms with Crippen molar-refractivity contribution in [2.24, 2.45) is 5.92 Å². The first kappa shape index (κ1) is 18.7. The van der Waals surface area contributed by atoms with Crippen LogP contribution in [0.1, 0.15) is 18.4 Å². The number of amides is 1. The topological polar surface area (TPSA) is 66.9 Å². The molecule has 0 N–H and O–H groups in total. The van der Waals surface area contributed by atoms with Crippen molar-refractivity contribution in [3.63, 3.8) is 0 Å². The average Bonchev–Trinajstić information content (AvgIpc) is 2.53. The maximum Gasteiger partial charge on any atom is 0.226 e. The molecule has 1 aromatic rings. The van der Waals surface area contributed by atoms with Crippen molar-refractivity contribution in [1.29, 1.82) is 0 Å². The van der Waals surface area contributed by atoms with Crippen molar-refractivity contribution < 1.29 is 17.9 Å². The molecule has 0 aromatic heterocycles. The van der Waals surface area contributed by atoms with Gasteiger partial charge in [0, 0.05) is 20.1 Å². The average molecular weight is 354 g/mol. The fraction of sp³-hybridized carbons (Fsp3) is 0.588. The van der Waals surface area contributed by atoms with Gasteiger partial charge < -0.3 is 9.64 Å². The Kier molecular flexibility index (Phi) is 6.23. The van der Waals surface area contributed by atoms with E-state index in [0.29, 0.717) is 19.7 Å². The predicted octanol–water partition coefficient (Wildman–Crippen LogP) is 1.50. The molecule has 1 saturated heterocycles. The second-order valence-corrected chi connectivity index (χ2v) is 8.37. The Bertz CT molecular complexity index is 675. The maximum atomic E-state index is 12.5. The molecular weight excluding hydrogens is 328 g/mol. The van der Waals surface area contributed by atoms with E-state index in [0.717, 1.165) is 24.2 Å². The van der Waals surface area contributed by atoms with Crippen molar-refractivity contribution in [3.8, 4) is 5.75 Å². The third-order valence-corrected chi connectivity index (χ3v) is 5.53. The molecule has 1 aliphatic rings. The lowest BCUT2D eigenvalue weighted by Gasteiger charge is -2.32. The highest BCUT2D eigenvalue weighted by Gasteiger charge is 2.31. The minimum Gasteiger partial charge on any atom is -0.492 e. The van der Waals surface area contributed by atoms with Crippen molar-refractivity contribution in [2.75, 3.05) is 39.5 Å². The van der Waals surface area contributed by atoms with Crippen molar-refractivity contribution in [1.82, 2.24) is 9.21 Å². The van der Waals surface area contributed by atoms with Gasteiger partial charge in [0.2, 0.25) is 15.9 Å². The number of likely N-dealkylation sites (N-methyl/N-ethyl adjacent to an activating group) is 1. The third-order valence-electron chi connectivity index (χ3n) is 4.26. The lowest BCUT2D eigenvalue weighted by atomic mass is 9.98. The van der Waals surface area contributed by atoms with Gasteiger partial charge in [-0.25, -0.2) is 12.7 Å². The van der Waals surface area contributed by atoms with Gasteiger partial charge in [0.15, 0.2) is 0 Å². The molecule has 0 saturated carbocycles. The number of aryl methyl sites for hydroxylation is 1. The van der Waals surface area contributed by atoms with Crippen LogP contribution in [0.2, 0.25) is 0 Å². The standard InChI is InChI=1S/C17H26N2O4S/c1-14-6-4-8-16(12-14)23-11-10-18(2)17(20)15-7-5-9-19(13-15)24(3,21)22/h4,6,8,12,15H,5,7,9-11,13H2,1-3H3. The van der Waals surface area contributed by atoms with Crippen LogP contribution in [-0.4, -0.2) is 63.1 Å². The van der Waals surface area contributed by atoms with Crippen LogP contribution < -0.4 is 4.74 Å². The summed E-state index contributed by atoms with van der Waals surface area (Å²) < 4.78 is 30.4. The third kappa shape index (κ3) is 5.21. The summed E-state index contributed by atoms with van der Waals surface area (Å²) in [6.45, 7) is 3.67. The summed E-state index contributed by atoms with van der Waals surface area (Å²) in [4.78, 5) is 14.1. The smallest absolute Gasteiger partial charge is 0.226 e. The quantitative estimate of drug-likeness (QED) is 0.776. The van der Waals surface area contributed by atoms with Crippen LogP contribution in [0, 0.1) is 12.8 Å². The predicted molar refractivity (Wildman–Crippen MR) is 93.5 cm³/mol. The molecular formula is C17H26N2O4S. The molecule has 1 unspecified atom stereocenters. The van der Waals surface area contributed by atoms with Gasteiger partial charge in [0.25, 0.3) is 0 Å². The number of hydrogen-bond donors (Lipinski definition) is 0. The molecule has 0 spiro atoms. The van der Waals surface area contributed by atoms with Crippen LogP contribution in [0.3, 0.4) is 0 Å². The summed E-state index contributed by atoms with van der Waals surface area (Å²) in [5.41, 5.74) is 1.13. The summed E-state index contributed by atoms with van der Waals surface area (Å²) in [6, 6.07) is 7.77. The van der Waals surface area contributed by atoms with Crippen LogP contribution in [0.15, 0.2) is 24.3 Å². The van der Waals surface area contributed by atoms with E-state index >= 15 is 0 Å². The molecule has 24 heavy (non-hydrogen) atoms. The van der Waals surface area contributed by atoms with Crippen LogP contribution in [-0.2, 0) is 14.8 Å². The summed E-state index contributed by atoms with van der Waals surface area (Å²) in [5, 5.41) is 0. The zero-order valence-electron chi connectivity index (χ0n) is 14.6. The minimum absolute atomic E-state index is 0.0174. The van der Waals surface area contributed by atoms with E-state index in [-0.39, 0.29) is 18.4 Å². The van der Waals surface area contributed by atoms with E-state index in [9.17, 15) is 13.2 Å². The van der Waals surface area contributed by atoms with Gasteiger partial charge in [0.1, 0.15) is 12.4 Å². The van der Waals surface area contributed by atoms with Gasteiger partial charge >= 0.3 is 0 Å². The number of sulfonamides is 1. The largest absolute Gasteiger partial charge is 0.492 e. The van der Waals surface area contributed by atoms with Crippen LogP contribution >= 0.6 is 0 Å². The molecule has 1 amide bonds. The lowest BCUT2D eigenvalue weighted by molar-refractivity contribution is -0.135. The molecule has 6 nitrogen and oxygen atoms in total. The SMILES string of the molecule is Cc1cccc(OCCN(C)C(=O)C2CCCN(S(C)(=O)=O)C2)c1. The molecule has 0 radical (unpaired) electrons. The lowest BCUT2D eigenvalue weighted by Crippen LogP contribution is -2.46. The second kappa shape index (κ2) is 7.98. The summed E-state index contributed by atoms with van der Waals surface area (Å²) in [5.74, 6) is 0.505. The zero-order valence-corrected chi connectivity index (χ0v) is 15.4. The summed E-state index contributed by atoms with van der Waals surface area (Å²) in [6.07, 6.45) is 2.64. The van der Waals surface area contributed by atoms with Crippen molar-refractivity contribution in [3.05, 3.63) is 29.8 Å². The monoisotopic (exact) mass is 354 g/mol. The molecule has 134 valence electrons. The molecule has 0 bridgehead atoms. The van der Waals surface area contributed by atoms with Gasteiger partial charge in [-0.3, -0.25) is 4.79 Å².